The van der Waals surface area contributed by atoms with Crippen molar-refractivity contribution >= 4 is 29.1 Å². The Bertz CT molecular complexity index is 1240. The molecule has 162 valence electrons. The van der Waals surface area contributed by atoms with E-state index >= 15 is 0 Å². The Kier molecular flexibility index (Phi) is 5.71. The van der Waals surface area contributed by atoms with Gasteiger partial charge in [-0.05, 0) is 41.8 Å². The van der Waals surface area contributed by atoms with Gasteiger partial charge in [-0.15, -0.1) is 0 Å². The van der Waals surface area contributed by atoms with E-state index in [1.54, 1.807) is 12.1 Å². The number of aryl methyl sites for hydroxylation is 1. The van der Waals surface area contributed by atoms with Crippen molar-refractivity contribution in [3.8, 4) is 11.1 Å². The highest BCUT2D eigenvalue weighted by Crippen LogP contribution is 2.32. The fourth-order valence-electron chi connectivity index (χ4n) is 4.05. The average Bonchev–Trinajstić information content (AvgIpc) is 3.24. The summed E-state index contributed by atoms with van der Waals surface area (Å²) < 4.78 is 11.5. The molecule has 1 N–H and O–H groups in total. The Balaban J connectivity index is 1.37. The van der Waals surface area contributed by atoms with E-state index < -0.39 is 0 Å². The lowest BCUT2D eigenvalue weighted by Gasteiger charge is -2.27. The number of carbonyl (C=O) groups is 1. The molecule has 5 rings (SSSR count). The second kappa shape index (κ2) is 8.94. The van der Waals surface area contributed by atoms with E-state index in [0.29, 0.717) is 11.6 Å². The molecule has 6 heteroatoms. The fraction of sp³-hybridized carbons (Fsp3) is 0.231. The molecular formula is C26H25N3O3. The minimum atomic E-state index is 0.456. The lowest BCUT2D eigenvalue weighted by Crippen LogP contribution is -2.35. The maximum atomic E-state index is 10.9. The van der Waals surface area contributed by atoms with E-state index in [0.717, 1.165) is 67.0 Å². The molecule has 1 saturated heterocycles. The van der Waals surface area contributed by atoms with Crippen LogP contribution >= 0.6 is 0 Å². The first kappa shape index (κ1) is 20.4. The molecule has 4 aromatic rings. The number of aromatic nitrogens is 1. The molecule has 0 spiro atoms. The lowest BCUT2D eigenvalue weighted by molar-refractivity contribution is 0.0341. The summed E-state index contributed by atoms with van der Waals surface area (Å²) in [5.41, 5.74) is 7.55. The Morgan fingerprint density at radius 3 is 2.62 bits per heavy atom. The number of benzene rings is 3. The Labute approximate surface area is 186 Å². The number of nitrogens with one attached hydrogen (secondary N) is 1. The summed E-state index contributed by atoms with van der Waals surface area (Å²) >= 11 is 0. The quantitative estimate of drug-likeness (QED) is 0.427. The van der Waals surface area contributed by atoms with Crippen molar-refractivity contribution in [1.29, 1.82) is 0 Å². The van der Waals surface area contributed by atoms with Gasteiger partial charge in [-0.2, -0.15) is 4.98 Å². The number of carbonyl (C=O) groups excluding carboxylic acids is 1. The third-order valence-corrected chi connectivity index (χ3v) is 5.86. The van der Waals surface area contributed by atoms with Gasteiger partial charge >= 0.3 is 0 Å². The molecule has 0 amide bonds. The monoisotopic (exact) mass is 427 g/mol. The number of aldehydes is 1. The number of anilines is 2. The van der Waals surface area contributed by atoms with Gasteiger partial charge in [0.15, 0.2) is 5.58 Å². The summed E-state index contributed by atoms with van der Waals surface area (Å²) in [6, 6.07) is 20.2. The minimum Gasteiger partial charge on any atom is -0.423 e. The summed E-state index contributed by atoms with van der Waals surface area (Å²) in [6.07, 6.45) is 0.842. The van der Waals surface area contributed by atoms with Gasteiger partial charge in [-0.25, -0.2) is 0 Å². The van der Waals surface area contributed by atoms with Crippen LogP contribution in [0.4, 0.5) is 11.7 Å². The van der Waals surface area contributed by atoms with Gasteiger partial charge in [0.2, 0.25) is 0 Å². The van der Waals surface area contributed by atoms with Crippen LogP contribution in [0, 0.1) is 6.92 Å². The SMILES string of the molecule is Cc1cc(Nc2nc3cccc(-c4ccc(C=O)cc4)c3o2)ccc1CN1CCOCC1. The molecule has 1 aliphatic rings. The first-order valence-electron chi connectivity index (χ1n) is 10.8. The van der Waals surface area contributed by atoms with E-state index in [9.17, 15) is 4.79 Å². The first-order chi connectivity index (χ1) is 15.7. The van der Waals surface area contributed by atoms with Crippen LogP contribution < -0.4 is 5.32 Å². The number of morpholine rings is 1. The highest BCUT2D eigenvalue weighted by atomic mass is 16.5. The van der Waals surface area contributed by atoms with Crippen LogP contribution in [0.2, 0.25) is 0 Å². The zero-order valence-corrected chi connectivity index (χ0v) is 18.0. The largest absolute Gasteiger partial charge is 0.423 e. The number of oxazole rings is 1. The number of para-hydroxylation sites is 1. The number of nitrogens with zero attached hydrogens (tertiary/aromatic N) is 2. The maximum Gasteiger partial charge on any atom is 0.300 e. The molecule has 0 atom stereocenters. The molecule has 0 radical (unpaired) electrons. The number of ether oxygens (including phenoxy) is 1. The van der Waals surface area contributed by atoms with Crippen LogP contribution in [0.1, 0.15) is 21.5 Å². The molecule has 6 nitrogen and oxygen atoms in total. The molecule has 32 heavy (non-hydrogen) atoms. The van der Waals surface area contributed by atoms with Crippen LogP contribution in [-0.2, 0) is 11.3 Å². The molecule has 1 fully saturated rings. The second-order valence-corrected chi connectivity index (χ2v) is 8.07. The Morgan fingerprint density at radius 1 is 1.06 bits per heavy atom. The highest BCUT2D eigenvalue weighted by molar-refractivity contribution is 5.91. The van der Waals surface area contributed by atoms with E-state index in [2.05, 4.69) is 40.3 Å². The van der Waals surface area contributed by atoms with Crippen molar-refractivity contribution in [2.24, 2.45) is 0 Å². The number of hydrogen-bond donors (Lipinski definition) is 1. The van der Waals surface area contributed by atoms with E-state index in [-0.39, 0.29) is 0 Å². The zero-order chi connectivity index (χ0) is 21.9. The standard InChI is InChI=1S/C26H25N3O3/c1-18-15-22(10-9-21(18)16-29-11-13-31-14-12-29)27-26-28-24-4-2-3-23(25(24)32-26)20-7-5-19(17-30)6-8-20/h2-10,15,17H,11-14,16H2,1H3,(H,27,28). The van der Waals surface area contributed by atoms with Crippen LogP contribution in [0.5, 0.6) is 0 Å². The van der Waals surface area contributed by atoms with Gasteiger partial charge in [0, 0.05) is 36.4 Å². The van der Waals surface area contributed by atoms with Crippen molar-refractivity contribution in [2.75, 3.05) is 31.6 Å². The van der Waals surface area contributed by atoms with Gasteiger partial charge in [-0.3, -0.25) is 9.69 Å². The van der Waals surface area contributed by atoms with E-state index in [4.69, 9.17) is 9.15 Å². The summed E-state index contributed by atoms with van der Waals surface area (Å²) in [6.45, 7) is 6.63. The van der Waals surface area contributed by atoms with Crippen LogP contribution in [0.25, 0.3) is 22.2 Å². The number of hydrogen-bond acceptors (Lipinski definition) is 6. The summed E-state index contributed by atoms with van der Waals surface area (Å²) in [4.78, 5) is 18.0. The second-order valence-electron chi connectivity index (χ2n) is 8.07. The van der Waals surface area contributed by atoms with Crippen molar-refractivity contribution < 1.29 is 13.9 Å². The van der Waals surface area contributed by atoms with Crippen molar-refractivity contribution in [2.45, 2.75) is 13.5 Å². The Hall–Kier alpha value is -3.48. The molecule has 0 unspecified atom stereocenters. The average molecular weight is 428 g/mol. The van der Waals surface area contributed by atoms with Crippen molar-refractivity contribution in [3.05, 3.63) is 77.4 Å². The number of fused-ring (bicyclic) bond motifs is 1. The summed E-state index contributed by atoms with van der Waals surface area (Å²) in [5, 5.41) is 3.30. The lowest BCUT2D eigenvalue weighted by atomic mass is 10.0. The summed E-state index contributed by atoms with van der Waals surface area (Å²) in [5.74, 6) is 0. The van der Waals surface area contributed by atoms with Gasteiger partial charge in [-0.1, -0.05) is 42.5 Å². The summed E-state index contributed by atoms with van der Waals surface area (Å²) in [7, 11) is 0. The van der Waals surface area contributed by atoms with Crippen molar-refractivity contribution in [3.63, 3.8) is 0 Å². The predicted octanol–water partition coefficient (Wildman–Crippen LogP) is 5.19. The van der Waals surface area contributed by atoms with Gasteiger partial charge in [0.25, 0.3) is 6.01 Å². The molecule has 3 aromatic carbocycles. The fourth-order valence-corrected chi connectivity index (χ4v) is 4.05. The predicted molar refractivity (Wildman–Crippen MR) is 125 cm³/mol. The van der Waals surface area contributed by atoms with Crippen LogP contribution in [0.3, 0.4) is 0 Å². The zero-order valence-electron chi connectivity index (χ0n) is 18.0. The molecule has 0 saturated carbocycles. The van der Waals surface area contributed by atoms with Gasteiger partial charge in [0.05, 0.1) is 13.2 Å². The normalized spacial score (nSPS) is 14.5. The molecule has 2 heterocycles. The topological polar surface area (TPSA) is 67.6 Å². The smallest absolute Gasteiger partial charge is 0.300 e. The number of rotatable bonds is 6. The van der Waals surface area contributed by atoms with Gasteiger partial charge in [0.1, 0.15) is 11.8 Å². The molecule has 0 aliphatic carbocycles. The third-order valence-electron chi connectivity index (χ3n) is 5.86. The first-order valence-corrected chi connectivity index (χ1v) is 10.8. The molecule has 1 aliphatic heterocycles. The highest BCUT2D eigenvalue weighted by Gasteiger charge is 2.14. The Morgan fingerprint density at radius 2 is 1.88 bits per heavy atom. The van der Waals surface area contributed by atoms with E-state index in [1.165, 1.54) is 11.1 Å². The minimum absolute atomic E-state index is 0.456. The van der Waals surface area contributed by atoms with Crippen LogP contribution in [0.15, 0.2) is 65.1 Å². The molecule has 1 aromatic heterocycles. The molecule has 0 bridgehead atoms. The van der Waals surface area contributed by atoms with Crippen LogP contribution in [-0.4, -0.2) is 42.5 Å². The van der Waals surface area contributed by atoms with Crippen molar-refractivity contribution in [1.82, 2.24) is 9.88 Å². The van der Waals surface area contributed by atoms with E-state index in [1.807, 2.05) is 30.3 Å². The maximum absolute atomic E-state index is 10.9. The molecular weight excluding hydrogens is 402 g/mol. The van der Waals surface area contributed by atoms with Gasteiger partial charge < -0.3 is 14.5 Å². The third kappa shape index (κ3) is 4.28.